The van der Waals surface area contributed by atoms with Crippen molar-refractivity contribution in [2.75, 3.05) is 6.61 Å². The van der Waals surface area contributed by atoms with E-state index in [1.165, 1.54) is 5.57 Å². The molecular formula is C14H23N3OS. The van der Waals surface area contributed by atoms with Gasteiger partial charge < -0.3 is 20.6 Å². The van der Waals surface area contributed by atoms with Gasteiger partial charge >= 0.3 is 0 Å². The van der Waals surface area contributed by atoms with Crippen LogP contribution in [0.15, 0.2) is 36.0 Å². The van der Waals surface area contributed by atoms with E-state index in [-0.39, 0.29) is 0 Å². The van der Waals surface area contributed by atoms with E-state index < -0.39 is 0 Å². The molecule has 4 N–H and O–H groups in total. The molecule has 0 spiro atoms. The minimum absolute atomic E-state index is 0.535. The van der Waals surface area contributed by atoms with Crippen molar-refractivity contribution in [2.24, 2.45) is 5.73 Å². The number of ether oxygens (including phenoxy) is 1. The fourth-order valence-electron chi connectivity index (χ4n) is 1.54. The third-order valence-electron chi connectivity index (χ3n) is 2.40. The molecule has 1 aromatic carbocycles. The van der Waals surface area contributed by atoms with Gasteiger partial charge in [-0.15, -0.1) is 0 Å². The Bertz CT molecular complexity index is 383. The van der Waals surface area contributed by atoms with Gasteiger partial charge in [-0.2, -0.15) is 0 Å². The zero-order valence-electron chi connectivity index (χ0n) is 11.4. The molecule has 0 unspecified atom stereocenters. The fourth-order valence-corrected chi connectivity index (χ4v) is 1.72. The summed E-state index contributed by atoms with van der Waals surface area (Å²) in [5.74, 6) is 0.856. The Balaban J connectivity index is 0.00000154. The van der Waals surface area contributed by atoms with Gasteiger partial charge in [0.05, 0.1) is 0 Å². The molecule has 106 valence electrons. The van der Waals surface area contributed by atoms with Crippen LogP contribution in [0, 0.1) is 5.41 Å². The fraction of sp³-hybridized carbons (Fsp3) is 0.357. The van der Waals surface area contributed by atoms with E-state index in [0.717, 1.165) is 24.2 Å². The summed E-state index contributed by atoms with van der Waals surface area (Å²) in [6, 6.07) is 7.86. The predicted molar refractivity (Wildman–Crippen MR) is 84.8 cm³/mol. The normalized spacial score (nSPS) is 10.4. The van der Waals surface area contributed by atoms with Crippen molar-refractivity contribution >= 4 is 19.5 Å². The predicted octanol–water partition coefficient (Wildman–Crippen LogP) is 2.91. The second kappa shape index (κ2) is 11.6. The summed E-state index contributed by atoms with van der Waals surface area (Å²) in [5, 5.41) is 5.50. The van der Waals surface area contributed by atoms with Crippen molar-refractivity contribution in [1.82, 2.24) is 4.72 Å². The summed E-state index contributed by atoms with van der Waals surface area (Å²) in [5.41, 5.74) is 7.86. The summed E-state index contributed by atoms with van der Waals surface area (Å²) in [6.07, 6.45) is 3.97. The molecule has 0 amide bonds. The SMILES string of the molecule is C=N.CCC/C(=C\NS)COc1cccc(CN)c1. The molecule has 0 saturated carbocycles. The first kappa shape index (κ1) is 17.5. The molecule has 0 aliphatic heterocycles. The zero-order chi connectivity index (χ0) is 14.5. The van der Waals surface area contributed by atoms with E-state index in [9.17, 15) is 0 Å². The first-order chi connectivity index (χ1) is 9.30. The second-order valence-electron chi connectivity index (χ2n) is 3.82. The van der Waals surface area contributed by atoms with Gasteiger partial charge in [0.15, 0.2) is 0 Å². The van der Waals surface area contributed by atoms with Crippen LogP contribution in [0.2, 0.25) is 0 Å². The first-order valence-corrected chi connectivity index (χ1v) is 6.59. The number of nitrogens with two attached hydrogens (primary N) is 1. The molecule has 0 saturated heterocycles. The van der Waals surface area contributed by atoms with Gasteiger partial charge in [0.1, 0.15) is 12.4 Å². The summed E-state index contributed by atoms with van der Waals surface area (Å²) in [4.78, 5) is 0. The van der Waals surface area contributed by atoms with Crippen LogP contribution >= 0.6 is 12.8 Å². The molecule has 0 atom stereocenters. The number of hydrogen-bond acceptors (Lipinski definition) is 5. The van der Waals surface area contributed by atoms with Crippen molar-refractivity contribution in [3.05, 3.63) is 41.6 Å². The largest absolute Gasteiger partial charge is 0.489 e. The maximum absolute atomic E-state index is 5.72. The Hall–Kier alpha value is -1.46. The van der Waals surface area contributed by atoms with Crippen LogP contribution in [0.3, 0.4) is 0 Å². The molecule has 1 aromatic rings. The van der Waals surface area contributed by atoms with Crippen LogP contribution in [0.1, 0.15) is 25.3 Å². The Morgan fingerprint density at radius 3 is 2.84 bits per heavy atom. The monoisotopic (exact) mass is 281 g/mol. The molecule has 1 rings (SSSR count). The van der Waals surface area contributed by atoms with E-state index in [1.807, 2.05) is 30.5 Å². The van der Waals surface area contributed by atoms with Crippen LogP contribution in [0.25, 0.3) is 0 Å². The topological polar surface area (TPSA) is 71.1 Å². The minimum atomic E-state index is 0.535. The molecule has 4 nitrogen and oxygen atoms in total. The van der Waals surface area contributed by atoms with Gasteiger partial charge in [0, 0.05) is 12.7 Å². The van der Waals surface area contributed by atoms with Gasteiger partial charge in [-0.1, -0.05) is 38.3 Å². The Morgan fingerprint density at radius 2 is 2.26 bits per heavy atom. The molecule has 0 aliphatic rings. The molecule has 5 heteroatoms. The van der Waals surface area contributed by atoms with Crippen molar-refractivity contribution < 1.29 is 4.74 Å². The highest BCUT2D eigenvalue weighted by Gasteiger charge is 1.99. The van der Waals surface area contributed by atoms with Crippen LogP contribution in [0.4, 0.5) is 0 Å². The lowest BCUT2D eigenvalue weighted by atomic mass is 10.2. The van der Waals surface area contributed by atoms with Crippen molar-refractivity contribution in [1.29, 1.82) is 5.41 Å². The molecule has 0 fully saturated rings. The quantitative estimate of drug-likeness (QED) is 0.459. The van der Waals surface area contributed by atoms with E-state index in [4.69, 9.17) is 15.9 Å². The maximum atomic E-state index is 5.72. The molecular weight excluding hydrogens is 258 g/mol. The molecule has 0 aromatic heterocycles. The highest BCUT2D eigenvalue weighted by molar-refractivity contribution is 7.78. The Kier molecular flexibility index (Phi) is 10.7. The van der Waals surface area contributed by atoms with E-state index in [0.29, 0.717) is 13.2 Å². The summed E-state index contributed by atoms with van der Waals surface area (Å²) < 4.78 is 8.46. The lowest BCUT2D eigenvalue weighted by molar-refractivity contribution is 0.346. The molecule has 0 bridgehead atoms. The highest BCUT2D eigenvalue weighted by atomic mass is 32.1. The third-order valence-corrected chi connectivity index (χ3v) is 2.53. The summed E-state index contributed by atoms with van der Waals surface area (Å²) >= 11 is 3.97. The van der Waals surface area contributed by atoms with Gasteiger partial charge in [-0.3, -0.25) is 0 Å². The molecule has 19 heavy (non-hydrogen) atoms. The molecule has 0 radical (unpaired) electrons. The first-order valence-electron chi connectivity index (χ1n) is 6.14. The lowest BCUT2D eigenvalue weighted by Gasteiger charge is -2.10. The third kappa shape index (κ3) is 7.54. The van der Waals surface area contributed by atoms with Crippen molar-refractivity contribution in [3.63, 3.8) is 0 Å². The number of rotatable bonds is 7. The second-order valence-corrected chi connectivity index (χ2v) is 4.08. The maximum Gasteiger partial charge on any atom is 0.120 e. The minimum Gasteiger partial charge on any atom is -0.489 e. The standard InChI is InChI=1S/C13H20N2OS.CH3N/c1-2-4-12(9-15-17)10-16-13-6-3-5-11(7-13)8-14;1-2/h3,5-7,9,15,17H,2,4,8,10,14H2,1H3;2H,1H2/b12-9+;. The lowest BCUT2D eigenvalue weighted by Crippen LogP contribution is -2.04. The Labute approximate surface area is 121 Å². The van der Waals surface area contributed by atoms with Crippen LogP contribution in [-0.2, 0) is 6.54 Å². The van der Waals surface area contributed by atoms with Gasteiger partial charge in [0.2, 0.25) is 0 Å². The highest BCUT2D eigenvalue weighted by Crippen LogP contribution is 2.15. The Morgan fingerprint density at radius 1 is 1.53 bits per heavy atom. The average molecular weight is 281 g/mol. The average Bonchev–Trinajstić information content (AvgIpc) is 2.47. The summed E-state index contributed by atoms with van der Waals surface area (Å²) in [7, 11) is 0. The number of hydrogen-bond donors (Lipinski definition) is 4. The number of nitrogens with one attached hydrogen (secondary N) is 2. The van der Waals surface area contributed by atoms with E-state index >= 15 is 0 Å². The van der Waals surface area contributed by atoms with Crippen LogP contribution in [-0.4, -0.2) is 13.3 Å². The zero-order valence-corrected chi connectivity index (χ0v) is 12.2. The van der Waals surface area contributed by atoms with Gasteiger partial charge in [-0.25, -0.2) is 0 Å². The van der Waals surface area contributed by atoms with E-state index in [1.54, 1.807) is 0 Å². The molecule has 0 aliphatic carbocycles. The number of thiol groups is 1. The van der Waals surface area contributed by atoms with E-state index in [2.05, 4.69) is 31.2 Å². The van der Waals surface area contributed by atoms with Crippen molar-refractivity contribution in [3.8, 4) is 5.75 Å². The van der Waals surface area contributed by atoms with Gasteiger partial charge in [-0.05, 0) is 36.4 Å². The van der Waals surface area contributed by atoms with Crippen LogP contribution < -0.4 is 15.2 Å². The van der Waals surface area contributed by atoms with Crippen LogP contribution in [0.5, 0.6) is 5.75 Å². The summed E-state index contributed by atoms with van der Waals surface area (Å²) in [6.45, 7) is 5.75. The van der Waals surface area contributed by atoms with Crippen molar-refractivity contribution in [2.45, 2.75) is 26.3 Å². The molecule has 0 heterocycles. The smallest absolute Gasteiger partial charge is 0.120 e. The number of benzene rings is 1. The van der Waals surface area contributed by atoms with Gasteiger partial charge in [0.25, 0.3) is 0 Å².